The highest BCUT2D eigenvalue weighted by Crippen LogP contribution is 2.20. The summed E-state index contributed by atoms with van der Waals surface area (Å²) in [6, 6.07) is 6.85. The van der Waals surface area contributed by atoms with Gasteiger partial charge in [0, 0.05) is 18.7 Å². The van der Waals surface area contributed by atoms with Gasteiger partial charge < -0.3 is 9.84 Å². The summed E-state index contributed by atoms with van der Waals surface area (Å²) in [6.07, 6.45) is 1.85. The van der Waals surface area contributed by atoms with E-state index < -0.39 is 5.56 Å². The van der Waals surface area contributed by atoms with Crippen LogP contribution in [0.1, 0.15) is 29.9 Å². The molecular formula is C22H26FN5O3. The van der Waals surface area contributed by atoms with E-state index in [1.165, 1.54) is 6.07 Å². The molecule has 3 aromatic rings. The van der Waals surface area contributed by atoms with Crippen molar-refractivity contribution in [3.8, 4) is 0 Å². The Labute approximate surface area is 179 Å². The van der Waals surface area contributed by atoms with Crippen LogP contribution in [-0.2, 0) is 17.9 Å². The SMILES string of the molecule is Cc1nn(CC(=O)NCC2CCN(Cc3ccccc3F)CC2)c(=O)c2noc(C)c12. The number of halogens is 1. The molecule has 9 heteroatoms. The number of nitrogens with zero attached hydrogens (tertiary/aromatic N) is 4. The van der Waals surface area contributed by atoms with Gasteiger partial charge in [-0.3, -0.25) is 14.5 Å². The van der Waals surface area contributed by atoms with Gasteiger partial charge in [-0.1, -0.05) is 23.4 Å². The Morgan fingerprint density at radius 1 is 1.26 bits per heavy atom. The van der Waals surface area contributed by atoms with Gasteiger partial charge in [-0.2, -0.15) is 5.10 Å². The molecule has 1 saturated heterocycles. The number of amides is 1. The Balaban J connectivity index is 1.27. The maximum absolute atomic E-state index is 13.8. The van der Waals surface area contributed by atoms with Crippen molar-refractivity contribution in [3.63, 3.8) is 0 Å². The lowest BCUT2D eigenvalue weighted by atomic mass is 9.96. The summed E-state index contributed by atoms with van der Waals surface area (Å²) in [7, 11) is 0. The number of likely N-dealkylation sites (tertiary alicyclic amines) is 1. The van der Waals surface area contributed by atoms with Gasteiger partial charge in [0.25, 0.3) is 5.56 Å². The molecule has 164 valence electrons. The van der Waals surface area contributed by atoms with Crippen LogP contribution in [0.2, 0.25) is 0 Å². The van der Waals surface area contributed by atoms with Crippen molar-refractivity contribution in [3.05, 3.63) is 57.5 Å². The monoisotopic (exact) mass is 427 g/mol. The highest BCUT2D eigenvalue weighted by Gasteiger charge is 2.21. The molecule has 31 heavy (non-hydrogen) atoms. The standard InChI is InChI=1S/C22H26FN5O3/c1-14-20-15(2)31-26-21(20)22(30)28(25-14)13-19(29)24-11-16-7-9-27(10-8-16)12-17-5-3-4-6-18(17)23/h3-6,16H,7-13H2,1-2H3,(H,24,29). The van der Waals surface area contributed by atoms with Crippen molar-refractivity contribution in [2.45, 2.75) is 39.8 Å². The molecule has 4 rings (SSSR count). The number of hydrogen-bond donors (Lipinski definition) is 1. The molecule has 3 heterocycles. The maximum atomic E-state index is 13.8. The summed E-state index contributed by atoms with van der Waals surface area (Å²) >= 11 is 0. The van der Waals surface area contributed by atoms with Gasteiger partial charge >= 0.3 is 0 Å². The van der Waals surface area contributed by atoms with Crippen molar-refractivity contribution in [1.29, 1.82) is 0 Å². The summed E-state index contributed by atoms with van der Waals surface area (Å²) in [6.45, 7) is 6.19. The fourth-order valence-electron chi connectivity index (χ4n) is 4.12. The number of rotatable bonds is 6. The fourth-order valence-corrected chi connectivity index (χ4v) is 4.12. The van der Waals surface area contributed by atoms with E-state index in [2.05, 4.69) is 20.5 Å². The average Bonchev–Trinajstić information content (AvgIpc) is 3.15. The molecule has 0 radical (unpaired) electrons. The van der Waals surface area contributed by atoms with E-state index >= 15 is 0 Å². The Kier molecular flexibility index (Phi) is 6.13. The Bertz CT molecular complexity index is 1150. The zero-order chi connectivity index (χ0) is 22.0. The van der Waals surface area contributed by atoms with E-state index in [-0.39, 0.29) is 23.8 Å². The van der Waals surface area contributed by atoms with Crippen molar-refractivity contribution in [2.24, 2.45) is 5.92 Å². The lowest BCUT2D eigenvalue weighted by molar-refractivity contribution is -0.122. The first kappa shape index (κ1) is 21.2. The number of benzene rings is 1. The summed E-state index contributed by atoms with van der Waals surface area (Å²) in [4.78, 5) is 27.1. The second-order valence-corrected chi connectivity index (χ2v) is 8.13. The minimum absolute atomic E-state index is 0.159. The van der Waals surface area contributed by atoms with E-state index in [1.807, 2.05) is 12.1 Å². The maximum Gasteiger partial charge on any atom is 0.297 e. The average molecular weight is 427 g/mol. The van der Waals surface area contributed by atoms with Gasteiger partial charge in [0.2, 0.25) is 5.91 Å². The summed E-state index contributed by atoms with van der Waals surface area (Å²) in [5, 5.41) is 11.5. The van der Waals surface area contributed by atoms with Gasteiger partial charge in [0.15, 0.2) is 5.52 Å². The number of carbonyl (C=O) groups is 1. The molecule has 1 aliphatic heterocycles. The highest BCUT2D eigenvalue weighted by atomic mass is 19.1. The van der Waals surface area contributed by atoms with Crippen LogP contribution in [0.4, 0.5) is 4.39 Å². The molecule has 0 aliphatic carbocycles. The number of piperidine rings is 1. The van der Waals surface area contributed by atoms with Gasteiger partial charge in [0.05, 0.1) is 11.1 Å². The molecule has 0 spiro atoms. The summed E-state index contributed by atoms with van der Waals surface area (Å²) in [5.74, 6) is 0.459. The van der Waals surface area contributed by atoms with Crippen LogP contribution < -0.4 is 10.9 Å². The lowest BCUT2D eigenvalue weighted by Gasteiger charge is -2.32. The molecule has 0 bridgehead atoms. The van der Waals surface area contributed by atoms with Crippen LogP contribution in [0.3, 0.4) is 0 Å². The fraction of sp³-hybridized carbons (Fsp3) is 0.455. The molecular weight excluding hydrogens is 401 g/mol. The van der Waals surface area contributed by atoms with Gasteiger partial charge in [0.1, 0.15) is 18.1 Å². The van der Waals surface area contributed by atoms with Crippen LogP contribution in [0.15, 0.2) is 33.6 Å². The predicted molar refractivity (Wildman–Crippen MR) is 113 cm³/mol. The topological polar surface area (TPSA) is 93.3 Å². The molecule has 0 saturated carbocycles. The zero-order valence-corrected chi connectivity index (χ0v) is 17.7. The predicted octanol–water partition coefficient (Wildman–Crippen LogP) is 2.17. The molecule has 1 N–H and O–H groups in total. The lowest BCUT2D eigenvalue weighted by Crippen LogP contribution is -2.40. The normalized spacial score (nSPS) is 15.5. The minimum atomic E-state index is -0.436. The first-order valence-electron chi connectivity index (χ1n) is 10.5. The van der Waals surface area contributed by atoms with E-state index in [4.69, 9.17) is 4.52 Å². The van der Waals surface area contributed by atoms with Crippen LogP contribution in [0.25, 0.3) is 10.9 Å². The van der Waals surface area contributed by atoms with E-state index in [9.17, 15) is 14.0 Å². The highest BCUT2D eigenvalue weighted by molar-refractivity contribution is 5.82. The Morgan fingerprint density at radius 2 is 2.00 bits per heavy atom. The smallest absolute Gasteiger partial charge is 0.297 e. The first-order valence-corrected chi connectivity index (χ1v) is 10.5. The van der Waals surface area contributed by atoms with E-state index in [0.717, 1.165) is 30.6 Å². The molecule has 8 nitrogen and oxygen atoms in total. The van der Waals surface area contributed by atoms with Crippen molar-refractivity contribution < 1.29 is 13.7 Å². The third-order valence-electron chi connectivity index (χ3n) is 5.87. The van der Waals surface area contributed by atoms with Gasteiger partial charge in [-0.15, -0.1) is 0 Å². The molecule has 1 aliphatic rings. The van der Waals surface area contributed by atoms with Crippen molar-refractivity contribution in [1.82, 2.24) is 25.2 Å². The molecule has 0 unspecified atom stereocenters. The van der Waals surface area contributed by atoms with Gasteiger partial charge in [-0.05, 0) is 51.8 Å². The summed E-state index contributed by atoms with van der Waals surface area (Å²) in [5.41, 5.74) is 1.07. The zero-order valence-electron chi connectivity index (χ0n) is 17.7. The first-order chi connectivity index (χ1) is 14.9. The molecule has 1 amide bonds. The number of fused-ring (bicyclic) bond motifs is 1. The van der Waals surface area contributed by atoms with Crippen molar-refractivity contribution >= 4 is 16.8 Å². The number of carbonyl (C=O) groups excluding carboxylic acids is 1. The summed E-state index contributed by atoms with van der Waals surface area (Å²) < 4.78 is 20.1. The number of nitrogens with one attached hydrogen (secondary N) is 1. The molecule has 2 aromatic heterocycles. The molecule has 1 fully saturated rings. The molecule has 1 aromatic carbocycles. The number of aryl methyl sites for hydroxylation is 2. The van der Waals surface area contributed by atoms with Crippen LogP contribution >= 0.6 is 0 Å². The van der Waals surface area contributed by atoms with E-state index in [0.29, 0.717) is 41.4 Å². The largest absolute Gasteiger partial charge is 0.360 e. The third-order valence-corrected chi connectivity index (χ3v) is 5.87. The van der Waals surface area contributed by atoms with Gasteiger partial charge in [-0.25, -0.2) is 9.07 Å². The quantitative estimate of drug-likeness (QED) is 0.648. The second kappa shape index (κ2) is 8.97. The Morgan fingerprint density at radius 3 is 2.74 bits per heavy atom. The minimum Gasteiger partial charge on any atom is -0.360 e. The molecule has 0 atom stereocenters. The third kappa shape index (κ3) is 4.66. The Hall–Kier alpha value is -3.07. The number of hydrogen-bond acceptors (Lipinski definition) is 6. The van der Waals surface area contributed by atoms with Crippen LogP contribution in [0, 0.1) is 25.6 Å². The number of aromatic nitrogens is 3. The van der Waals surface area contributed by atoms with Crippen LogP contribution in [-0.4, -0.2) is 45.4 Å². The van der Waals surface area contributed by atoms with Crippen molar-refractivity contribution in [2.75, 3.05) is 19.6 Å². The van der Waals surface area contributed by atoms with E-state index in [1.54, 1.807) is 19.9 Å². The van der Waals surface area contributed by atoms with Crippen LogP contribution in [0.5, 0.6) is 0 Å². The second-order valence-electron chi connectivity index (χ2n) is 8.13.